The standard InChI is InChI=1S/C23H30O5/c1-4-23(11-12-24)16(14-21(25)28-3)6-10-20(23)19-8-5-15-13-17(27-2)7-9-18(15)22(19)26/h7,9,13-14,19-20,24H,4-6,8,10-12H2,1-3H3/b16-14+/t19-,20+,23-/m1/s1. The Morgan fingerprint density at radius 3 is 2.71 bits per heavy atom. The Kier molecular flexibility index (Phi) is 6.23. The van der Waals surface area contributed by atoms with Gasteiger partial charge in [-0.3, -0.25) is 4.79 Å². The van der Waals surface area contributed by atoms with E-state index in [1.54, 1.807) is 13.2 Å². The number of aliphatic hydroxyl groups excluding tert-OH is 1. The maximum Gasteiger partial charge on any atom is 0.330 e. The monoisotopic (exact) mass is 386 g/mol. The van der Waals surface area contributed by atoms with Crippen LogP contribution < -0.4 is 4.74 Å². The molecular weight excluding hydrogens is 356 g/mol. The lowest BCUT2D eigenvalue weighted by Gasteiger charge is -2.41. The van der Waals surface area contributed by atoms with Crippen molar-refractivity contribution < 1.29 is 24.2 Å². The number of aliphatic hydroxyl groups is 1. The second-order valence-corrected chi connectivity index (χ2v) is 7.85. The second-order valence-electron chi connectivity index (χ2n) is 7.85. The van der Waals surface area contributed by atoms with Gasteiger partial charge in [-0.1, -0.05) is 12.5 Å². The fourth-order valence-electron chi connectivity index (χ4n) is 5.46. The number of ether oxygens (including phenoxy) is 2. The highest BCUT2D eigenvalue weighted by Gasteiger charge is 2.50. The van der Waals surface area contributed by atoms with Crippen LogP contribution in [0.15, 0.2) is 29.8 Å². The van der Waals surface area contributed by atoms with Crippen molar-refractivity contribution in [1.82, 2.24) is 0 Å². The van der Waals surface area contributed by atoms with Crippen LogP contribution in [0.25, 0.3) is 0 Å². The summed E-state index contributed by atoms with van der Waals surface area (Å²) >= 11 is 0. The molecule has 0 radical (unpaired) electrons. The third-order valence-electron chi connectivity index (χ3n) is 6.88. The average Bonchev–Trinajstić information content (AvgIpc) is 3.06. The third-order valence-corrected chi connectivity index (χ3v) is 6.88. The molecule has 0 spiro atoms. The van der Waals surface area contributed by atoms with Crippen LogP contribution in [0.2, 0.25) is 0 Å². The van der Waals surface area contributed by atoms with Gasteiger partial charge in [0.2, 0.25) is 0 Å². The van der Waals surface area contributed by atoms with E-state index in [1.807, 2.05) is 18.2 Å². The SMILES string of the molecule is CC[C@@]1(CCO)/C(=C/C(=O)OC)CC[C@H]1[C@H]1CCc2cc(OC)ccc2C1=O. The Morgan fingerprint density at radius 1 is 1.29 bits per heavy atom. The molecule has 3 atom stereocenters. The smallest absolute Gasteiger partial charge is 0.330 e. The molecule has 28 heavy (non-hydrogen) atoms. The van der Waals surface area contributed by atoms with E-state index >= 15 is 0 Å². The van der Waals surface area contributed by atoms with Crippen molar-refractivity contribution in [2.45, 2.75) is 45.4 Å². The first-order valence-electron chi connectivity index (χ1n) is 10.1. The largest absolute Gasteiger partial charge is 0.497 e. The molecule has 1 fully saturated rings. The summed E-state index contributed by atoms with van der Waals surface area (Å²) in [5.74, 6) is 0.638. The summed E-state index contributed by atoms with van der Waals surface area (Å²) in [4.78, 5) is 25.3. The molecule has 0 bridgehead atoms. The maximum atomic E-state index is 13.4. The minimum absolute atomic E-state index is 0.0392. The molecule has 0 unspecified atom stereocenters. The normalized spacial score (nSPS) is 28.3. The Labute approximate surface area is 166 Å². The summed E-state index contributed by atoms with van der Waals surface area (Å²) in [6.45, 7) is 2.13. The number of allylic oxidation sites excluding steroid dienone is 1. The predicted octanol–water partition coefficient (Wildman–Crippen LogP) is 3.73. The molecule has 0 aliphatic heterocycles. The van der Waals surface area contributed by atoms with Crippen LogP contribution in [0, 0.1) is 17.3 Å². The molecule has 2 aliphatic rings. The second kappa shape index (κ2) is 8.48. The number of benzene rings is 1. The van der Waals surface area contributed by atoms with Gasteiger partial charge in [-0.05, 0) is 73.6 Å². The molecule has 1 N–H and O–H groups in total. The van der Waals surface area contributed by atoms with Gasteiger partial charge in [0.05, 0.1) is 14.2 Å². The van der Waals surface area contributed by atoms with Gasteiger partial charge in [-0.15, -0.1) is 0 Å². The molecule has 3 rings (SSSR count). The van der Waals surface area contributed by atoms with Gasteiger partial charge in [0.25, 0.3) is 0 Å². The minimum atomic E-state index is -0.362. The summed E-state index contributed by atoms with van der Waals surface area (Å²) in [7, 11) is 3.01. The van der Waals surface area contributed by atoms with E-state index in [0.717, 1.165) is 54.6 Å². The summed E-state index contributed by atoms with van der Waals surface area (Å²) in [6, 6.07) is 5.68. The fraction of sp³-hybridized carbons (Fsp3) is 0.565. The van der Waals surface area contributed by atoms with E-state index in [9.17, 15) is 14.7 Å². The van der Waals surface area contributed by atoms with E-state index in [-0.39, 0.29) is 35.6 Å². The van der Waals surface area contributed by atoms with Crippen LogP contribution in [0.5, 0.6) is 5.75 Å². The Balaban J connectivity index is 1.96. The van der Waals surface area contributed by atoms with Crippen molar-refractivity contribution in [2.24, 2.45) is 17.3 Å². The lowest BCUT2D eigenvalue weighted by atomic mass is 9.62. The average molecular weight is 386 g/mol. The van der Waals surface area contributed by atoms with E-state index in [1.165, 1.54) is 7.11 Å². The Bertz CT molecular complexity index is 781. The van der Waals surface area contributed by atoms with Gasteiger partial charge in [0, 0.05) is 24.2 Å². The first-order chi connectivity index (χ1) is 13.5. The Hall–Kier alpha value is -2.14. The van der Waals surface area contributed by atoms with Crippen LogP contribution in [0.3, 0.4) is 0 Å². The van der Waals surface area contributed by atoms with Crippen LogP contribution in [0.4, 0.5) is 0 Å². The zero-order valence-corrected chi connectivity index (χ0v) is 17.0. The molecule has 5 heteroatoms. The molecule has 0 aromatic heterocycles. The number of hydrogen-bond donors (Lipinski definition) is 1. The number of carbonyl (C=O) groups is 2. The highest BCUT2D eigenvalue weighted by Crippen LogP contribution is 2.57. The van der Waals surface area contributed by atoms with Crippen LogP contribution >= 0.6 is 0 Å². The first-order valence-corrected chi connectivity index (χ1v) is 10.1. The van der Waals surface area contributed by atoms with E-state index in [2.05, 4.69) is 6.92 Å². The van der Waals surface area contributed by atoms with Crippen molar-refractivity contribution in [2.75, 3.05) is 20.8 Å². The van der Waals surface area contributed by atoms with Crippen LogP contribution in [0.1, 0.15) is 54.9 Å². The van der Waals surface area contributed by atoms with E-state index in [4.69, 9.17) is 9.47 Å². The number of fused-ring (bicyclic) bond motifs is 1. The lowest BCUT2D eigenvalue weighted by Crippen LogP contribution is -2.38. The lowest BCUT2D eigenvalue weighted by molar-refractivity contribution is -0.135. The van der Waals surface area contributed by atoms with Gasteiger partial charge >= 0.3 is 5.97 Å². The number of rotatable bonds is 6. The summed E-state index contributed by atoms with van der Waals surface area (Å²) in [5.41, 5.74) is 2.53. The molecular formula is C23H30O5. The molecule has 2 aliphatic carbocycles. The quantitative estimate of drug-likeness (QED) is 0.596. The number of ketones is 1. The minimum Gasteiger partial charge on any atom is -0.497 e. The van der Waals surface area contributed by atoms with Gasteiger partial charge in [-0.25, -0.2) is 4.79 Å². The topological polar surface area (TPSA) is 72.8 Å². The van der Waals surface area contributed by atoms with Crippen molar-refractivity contribution >= 4 is 11.8 Å². The van der Waals surface area contributed by atoms with Crippen molar-refractivity contribution in [3.63, 3.8) is 0 Å². The molecule has 1 saturated carbocycles. The molecule has 0 amide bonds. The summed E-state index contributed by atoms with van der Waals surface area (Å²) in [5, 5.41) is 9.79. The zero-order valence-electron chi connectivity index (χ0n) is 17.0. The summed E-state index contributed by atoms with van der Waals surface area (Å²) < 4.78 is 10.1. The van der Waals surface area contributed by atoms with Gasteiger partial charge in [0.15, 0.2) is 5.78 Å². The number of hydrogen-bond acceptors (Lipinski definition) is 5. The molecule has 0 saturated heterocycles. The van der Waals surface area contributed by atoms with Crippen molar-refractivity contribution in [1.29, 1.82) is 0 Å². The predicted molar refractivity (Wildman–Crippen MR) is 106 cm³/mol. The number of Topliss-reactive ketones (excluding diaryl/α,β-unsaturated/α-hetero) is 1. The highest BCUT2D eigenvalue weighted by atomic mass is 16.5. The van der Waals surface area contributed by atoms with E-state index in [0.29, 0.717) is 6.42 Å². The van der Waals surface area contributed by atoms with Gasteiger partial charge in [-0.2, -0.15) is 0 Å². The fourth-order valence-corrected chi connectivity index (χ4v) is 5.46. The summed E-state index contributed by atoms with van der Waals surface area (Å²) in [6.07, 6.45) is 6.21. The number of carbonyl (C=O) groups excluding carboxylic acids is 2. The number of esters is 1. The molecule has 0 heterocycles. The van der Waals surface area contributed by atoms with Crippen molar-refractivity contribution in [3.05, 3.63) is 41.0 Å². The third kappa shape index (κ3) is 3.48. The molecule has 1 aromatic carbocycles. The molecule has 1 aromatic rings. The maximum absolute atomic E-state index is 13.4. The molecule has 152 valence electrons. The number of aryl methyl sites for hydroxylation is 1. The van der Waals surface area contributed by atoms with Crippen LogP contribution in [-0.2, 0) is 16.0 Å². The first kappa shape index (κ1) is 20.6. The zero-order chi connectivity index (χ0) is 20.3. The Morgan fingerprint density at radius 2 is 2.07 bits per heavy atom. The van der Waals surface area contributed by atoms with Crippen LogP contribution in [-0.4, -0.2) is 37.7 Å². The van der Waals surface area contributed by atoms with Gasteiger partial charge in [0.1, 0.15) is 5.75 Å². The molecule has 5 nitrogen and oxygen atoms in total. The number of methoxy groups -OCH3 is 2. The van der Waals surface area contributed by atoms with Gasteiger partial charge < -0.3 is 14.6 Å². The van der Waals surface area contributed by atoms with E-state index < -0.39 is 0 Å². The highest BCUT2D eigenvalue weighted by molar-refractivity contribution is 6.00. The van der Waals surface area contributed by atoms with Crippen molar-refractivity contribution in [3.8, 4) is 5.75 Å².